The van der Waals surface area contributed by atoms with Crippen LogP contribution in [-0.4, -0.2) is 26.8 Å². The largest absolute Gasteiger partial charge is 0.419 e. The van der Waals surface area contributed by atoms with E-state index in [2.05, 4.69) is 20.8 Å². The molecule has 2 amide bonds. The molecular formula is C16H19N5O3. The van der Waals surface area contributed by atoms with Crippen molar-refractivity contribution in [2.24, 2.45) is 7.05 Å². The summed E-state index contributed by atoms with van der Waals surface area (Å²) in [6.45, 7) is 3.84. The van der Waals surface area contributed by atoms with Gasteiger partial charge in [0.1, 0.15) is 0 Å². The third kappa shape index (κ3) is 3.32. The van der Waals surface area contributed by atoms with Crippen LogP contribution in [0.1, 0.15) is 18.3 Å². The summed E-state index contributed by atoms with van der Waals surface area (Å²) in [6, 6.07) is 6.61. The normalized spacial score (nSPS) is 12.3. The zero-order chi connectivity index (χ0) is 17.3. The second-order valence-corrected chi connectivity index (χ2v) is 5.86. The third-order valence-electron chi connectivity index (χ3n) is 3.70. The summed E-state index contributed by atoms with van der Waals surface area (Å²) in [5.74, 6) is -0.436. The van der Waals surface area contributed by atoms with E-state index < -0.39 is 5.76 Å². The number of anilines is 1. The van der Waals surface area contributed by atoms with Crippen molar-refractivity contribution in [3.8, 4) is 0 Å². The Hall–Kier alpha value is -3.03. The van der Waals surface area contributed by atoms with Crippen LogP contribution in [0.15, 0.2) is 33.5 Å². The molecule has 3 N–H and O–H groups in total. The van der Waals surface area contributed by atoms with Crippen molar-refractivity contribution < 1.29 is 9.21 Å². The minimum atomic E-state index is -0.436. The molecular weight excluding hydrogens is 310 g/mol. The van der Waals surface area contributed by atoms with Gasteiger partial charge in [-0.25, -0.2) is 9.59 Å². The van der Waals surface area contributed by atoms with Crippen molar-refractivity contribution in [3.63, 3.8) is 0 Å². The van der Waals surface area contributed by atoms with Gasteiger partial charge in [0.25, 0.3) is 0 Å². The maximum absolute atomic E-state index is 12.1. The highest BCUT2D eigenvalue weighted by atomic mass is 16.4. The molecule has 3 rings (SSSR count). The minimum Gasteiger partial charge on any atom is -0.408 e. The van der Waals surface area contributed by atoms with Crippen LogP contribution in [0, 0.1) is 6.92 Å². The van der Waals surface area contributed by atoms with E-state index in [4.69, 9.17) is 4.42 Å². The monoisotopic (exact) mass is 329 g/mol. The maximum Gasteiger partial charge on any atom is 0.419 e. The number of oxazole rings is 1. The van der Waals surface area contributed by atoms with Crippen molar-refractivity contribution >= 4 is 22.8 Å². The lowest BCUT2D eigenvalue weighted by Gasteiger charge is -2.13. The van der Waals surface area contributed by atoms with Gasteiger partial charge in [-0.3, -0.25) is 9.67 Å². The highest BCUT2D eigenvalue weighted by Gasteiger charge is 2.11. The van der Waals surface area contributed by atoms with Crippen LogP contribution in [0.3, 0.4) is 0 Å². The number of carbonyl (C=O) groups excluding carboxylic acids is 1. The molecule has 0 radical (unpaired) electrons. The first-order valence-corrected chi connectivity index (χ1v) is 7.60. The van der Waals surface area contributed by atoms with Crippen LogP contribution in [-0.2, 0) is 13.5 Å². The van der Waals surface area contributed by atoms with Crippen LogP contribution in [0.4, 0.5) is 10.5 Å². The average Bonchev–Trinajstić information content (AvgIpc) is 3.02. The molecule has 0 bridgehead atoms. The molecule has 8 heteroatoms. The second-order valence-electron chi connectivity index (χ2n) is 5.86. The molecule has 3 aromatic rings. The van der Waals surface area contributed by atoms with E-state index in [1.807, 2.05) is 19.9 Å². The smallest absolute Gasteiger partial charge is 0.408 e. The van der Waals surface area contributed by atoms with Crippen molar-refractivity contribution in [1.29, 1.82) is 0 Å². The van der Waals surface area contributed by atoms with E-state index >= 15 is 0 Å². The predicted octanol–water partition coefficient (Wildman–Crippen LogP) is 1.92. The van der Waals surface area contributed by atoms with Crippen LogP contribution < -0.4 is 16.4 Å². The fourth-order valence-corrected chi connectivity index (χ4v) is 2.55. The molecule has 0 aliphatic carbocycles. The Labute approximate surface area is 137 Å². The second kappa shape index (κ2) is 6.23. The van der Waals surface area contributed by atoms with Crippen LogP contribution >= 0.6 is 0 Å². The quantitative estimate of drug-likeness (QED) is 0.680. The maximum atomic E-state index is 12.1. The lowest BCUT2D eigenvalue weighted by molar-refractivity contribution is 0.249. The molecule has 0 fully saturated rings. The topological polar surface area (TPSA) is 105 Å². The van der Waals surface area contributed by atoms with Gasteiger partial charge in [-0.05, 0) is 32.0 Å². The fourth-order valence-electron chi connectivity index (χ4n) is 2.55. The zero-order valence-electron chi connectivity index (χ0n) is 13.7. The number of fused-ring (bicyclic) bond motifs is 1. The van der Waals surface area contributed by atoms with Crippen LogP contribution in [0.25, 0.3) is 11.1 Å². The number of amides is 2. The van der Waals surface area contributed by atoms with Gasteiger partial charge in [0.15, 0.2) is 5.58 Å². The Morgan fingerprint density at radius 3 is 2.92 bits per heavy atom. The molecule has 126 valence electrons. The highest BCUT2D eigenvalue weighted by Crippen LogP contribution is 2.17. The Morgan fingerprint density at radius 2 is 2.21 bits per heavy atom. The molecule has 0 aliphatic rings. The van der Waals surface area contributed by atoms with Crippen LogP contribution in [0.5, 0.6) is 0 Å². The van der Waals surface area contributed by atoms with E-state index in [1.165, 1.54) is 4.57 Å². The molecule has 0 saturated carbocycles. The number of hydrogen-bond acceptors (Lipinski definition) is 4. The number of hydrogen-bond donors (Lipinski definition) is 3. The number of carbonyl (C=O) groups is 1. The SMILES string of the molecule is Cc1cc(C[C@@H](C)NC(=O)Nc2ccc3c(c2)oc(=O)n3C)n[nH]1. The standard InChI is InChI=1S/C16H19N5O3/c1-9(6-12-7-10(2)19-20-12)17-15(22)18-11-4-5-13-14(8-11)24-16(23)21(13)3/h4-5,7-9H,6H2,1-3H3,(H,19,20)(H2,17,18,22)/t9-/m1/s1. The molecule has 0 aliphatic heterocycles. The van der Waals surface area contributed by atoms with Gasteiger partial charge in [0.05, 0.1) is 11.2 Å². The van der Waals surface area contributed by atoms with Crippen molar-refractivity contribution in [1.82, 2.24) is 20.1 Å². The van der Waals surface area contributed by atoms with E-state index in [9.17, 15) is 9.59 Å². The predicted molar refractivity (Wildman–Crippen MR) is 90.1 cm³/mol. The van der Waals surface area contributed by atoms with Gasteiger partial charge in [-0.15, -0.1) is 0 Å². The summed E-state index contributed by atoms with van der Waals surface area (Å²) in [4.78, 5) is 23.6. The number of benzene rings is 1. The highest BCUT2D eigenvalue weighted by molar-refractivity contribution is 5.91. The van der Waals surface area contributed by atoms with Gasteiger partial charge in [0.2, 0.25) is 0 Å². The lowest BCUT2D eigenvalue weighted by atomic mass is 10.2. The molecule has 0 spiro atoms. The molecule has 0 saturated heterocycles. The van der Waals surface area contributed by atoms with E-state index in [0.29, 0.717) is 23.2 Å². The average molecular weight is 329 g/mol. The third-order valence-corrected chi connectivity index (χ3v) is 3.70. The summed E-state index contributed by atoms with van der Waals surface area (Å²) >= 11 is 0. The molecule has 1 aromatic carbocycles. The van der Waals surface area contributed by atoms with Crippen molar-refractivity contribution in [2.45, 2.75) is 26.3 Å². The summed E-state index contributed by atoms with van der Waals surface area (Å²) in [5.41, 5.74) is 3.54. The number of aromatic amines is 1. The molecule has 24 heavy (non-hydrogen) atoms. The van der Waals surface area contributed by atoms with E-state index in [1.54, 1.807) is 25.2 Å². The lowest BCUT2D eigenvalue weighted by Crippen LogP contribution is -2.37. The number of H-pyrrole nitrogens is 1. The Bertz CT molecular complexity index is 937. The van der Waals surface area contributed by atoms with Crippen molar-refractivity contribution in [2.75, 3.05) is 5.32 Å². The zero-order valence-corrected chi connectivity index (χ0v) is 13.7. The first-order valence-electron chi connectivity index (χ1n) is 7.60. The number of nitrogens with zero attached hydrogens (tertiary/aromatic N) is 2. The van der Waals surface area contributed by atoms with Gasteiger partial charge < -0.3 is 15.1 Å². The molecule has 0 unspecified atom stereocenters. The van der Waals surface area contributed by atoms with Gasteiger partial charge in [-0.2, -0.15) is 5.10 Å². The Kier molecular flexibility index (Phi) is 4.11. The van der Waals surface area contributed by atoms with Gasteiger partial charge >= 0.3 is 11.8 Å². The number of urea groups is 1. The summed E-state index contributed by atoms with van der Waals surface area (Å²) < 4.78 is 6.52. The molecule has 8 nitrogen and oxygen atoms in total. The summed E-state index contributed by atoms with van der Waals surface area (Å²) in [6.07, 6.45) is 0.629. The number of nitrogens with one attached hydrogen (secondary N) is 3. The first-order chi connectivity index (χ1) is 11.4. The molecule has 2 aromatic heterocycles. The number of rotatable bonds is 4. The molecule has 1 atom stereocenters. The van der Waals surface area contributed by atoms with Crippen molar-refractivity contribution in [3.05, 3.63) is 46.2 Å². The summed E-state index contributed by atoms with van der Waals surface area (Å²) in [7, 11) is 1.63. The van der Waals surface area contributed by atoms with E-state index in [-0.39, 0.29) is 12.1 Å². The fraction of sp³-hybridized carbons (Fsp3) is 0.312. The van der Waals surface area contributed by atoms with E-state index in [0.717, 1.165) is 11.4 Å². The van der Waals surface area contributed by atoms with Gasteiger partial charge in [-0.1, -0.05) is 0 Å². The first kappa shape index (κ1) is 15.9. The van der Waals surface area contributed by atoms with Gasteiger partial charge in [0, 0.05) is 37.0 Å². The summed E-state index contributed by atoms with van der Waals surface area (Å²) in [5, 5.41) is 12.6. The van der Waals surface area contributed by atoms with Crippen LogP contribution in [0.2, 0.25) is 0 Å². The number of aryl methyl sites for hydroxylation is 2. The Morgan fingerprint density at radius 1 is 1.42 bits per heavy atom. The minimum absolute atomic E-state index is 0.0777. The molecule has 2 heterocycles. The Balaban J connectivity index is 1.63. The number of aromatic nitrogens is 3.